The van der Waals surface area contributed by atoms with Gasteiger partial charge in [0, 0.05) is 26.2 Å². The van der Waals surface area contributed by atoms with E-state index < -0.39 is 5.79 Å². The number of ether oxygens (including phenoxy) is 2. The molecule has 80 valence electrons. The average Bonchev–Trinajstić information content (AvgIpc) is 2.74. The molecule has 1 aromatic rings. The lowest BCUT2D eigenvalue weighted by Crippen LogP contribution is -2.40. The number of anilines is 1. The molecule has 2 aliphatic rings. The Labute approximate surface area is 88.8 Å². The average molecular weight is 206 g/mol. The molecular formula is C11H14N2O2. The fourth-order valence-corrected chi connectivity index (χ4v) is 2.29. The number of hydrogen-bond acceptors (Lipinski definition) is 4. The summed E-state index contributed by atoms with van der Waals surface area (Å²) in [6.45, 7) is 2.28. The minimum absolute atomic E-state index is 0.566. The number of nitrogens with zero attached hydrogens (tertiary/aromatic N) is 2. The van der Waals surface area contributed by atoms with Gasteiger partial charge in [-0.1, -0.05) is 0 Å². The fourth-order valence-electron chi connectivity index (χ4n) is 2.29. The van der Waals surface area contributed by atoms with Gasteiger partial charge in [0.1, 0.15) is 5.69 Å². The maximum atomic E-state index is 5.74. The first-order chi connectivity index (χ1) is 7.32. The molecule has 2 aliphatic heterocycles. The second-order valence-corrected chi connectivity index (χ2v) is 3.99. The van der Waals surface area contributed by atoms with Crippen LogP contribution in [0.2, 0.25) is 0 Å². The van der Waals surface area contributed by atoms with Crippen molar-refractivity contribution >= 4 is 5.69 Å². The highest BCUT2D eigenvalue weighted by Gasteiger charge is 2.44. The minimum atomic E-state index is -0.566. The topological polar surface area (TPSA) is 34.6 Å². The molecule has 3 rings (SSSR count). The molecular weight excluding hydrogens is 192 g/mol. The number of rotatable bonds is 0. The minimum Gasteiger partial charge on any atom is -0.373 e. The lowest BCUT2D eigenvalue weighted by Gasteiger charge is -2.37. The van der Waals surface area contributed by atoms with Crippen LogP contribution in [0.25, 0.3) is 0 Å². The summed E-state index contributed by atoms with van der Waals surface area (Å²) in [7, 11) is 2.07. The molecule has 0 saturated carbocycles. The van der Waals surface area contributed by atoms with Gasteiger partial charge in [0.15, 0.2) is 0 Å². The van der Waals surface area contributed by atoms with Gasteiger partial charge in [-0.2, -0.15) is 0 Å². The first kappa shape index (κ1) is 9.12. The maximum absolute atomic E-state index is 5.74. The summed E-state index contributed by atoms with van der Waals surface area (Å²) in [6, 6.07) is 4.01. The molecule has 3 heterocycles. The van der Waals surface area contributed by atoms with Crippen molar-refractivity contribution in [3.05, 3.63) is 24.0 Å². The zero-order chi connectivity index (χ0) is 10.3. The molecule has 1 spiro atoms. The van der Waals surface area contributed by atoms with Gasteiger partial charge in [0.25, 0.3) is 0 Å². The van der Waals surface area contributed by atoms with Crippen LogP contribution in [-0.2, 0) is 15.3 Å². The predicted molar refractivity (Wildman–Crippen MR) is 55.7 cm³/mol. The van der Waals surface area contributed by atoms with Crippen molar-refractivity contribution in [2.24, 2.45) is 0 Å². The maximum Gasteiger partial charge on any atom is 0.216 e. The highest BCUT2D eigenvalue weighted by Crippen LogP contribution is 2.41. The van der Waals surface area contributed by atoms with E-state index in [4.69, 9.17) is 9.47 Å². The summed E-state index contributed by atoms with van der Waals surface area (Å²) in [6.07, 6.45) is 2.65. The molecule has 4 nitrogen and oxygen atoms in total. The van der Waals surface area contributed by atoms with E-state index in [9.17, 15) is 0 Å². The number of aromatic nitrogens is 1. The molecule has 1 saturated heterocycles. The van der Waals surface area contributed by atoms with Crippen LogP contribution in [0.1, 0.15) is 12.1 Å². The second kappa shape index (κ2) is 3.18. The van der Waals surface area contributed by atoms with Crippen molar-refractivity contribution < 1.29 is 9.47 Å². The first-order valence-corrected chi connectivity index (χ1v) is 5.26. The standard InChI is InChI=1S/C11H14N2O2/c1-13-6-4-11(14-7-8-15-11)10-9(13)3-2-5-12-10/h2-3,5H,4,6-8H2,1H3. The summed E-state index contributed by atoms with van der Waals surface area (Å²) < 4.78 is 11.5. The Morgan fingerprint density at radius 1 is 1.40 bits per heavy atom. The Bertz CT molecular complexity index is 375. The van der Waals surface area contributed by atoms with Crippen LogP contribution < -0.4 is 4.90 Å². The molecule has 0 atom stereocenters. The van der Waals surface area contributed by atoms with Crippen LogP contribution in [0.4, 0.5) is 5.69 Å². The third-order valence-electron chi connectivity index (χ3n) is 3.09. The van der Waals surface area contributed by atoms with Gasteiger partial charge in [-0.3, -0.25) is 4.98 Å². The molecule has 15 heavy (non-hydrogen) atoms. The van der Waals surface area contributed by atoms with Crippen LogP contribution >= 0.6 is 0 Å². The van der Waals surface area contributed by atoms with E-state index >= 15 is 0 Å². The Kier molecular flexibility index (Phi) is 1.94. The Balaban J connectivity index is 2.11. The van der Waals surface area contributed by atoms with Gasteiger partial charge < -0.3 is 14.4 Å². The number of pyridine rings is 1. The summed E-state index contributed by atoms with van der Waals surface area (Å²) in [5.41, 5.74) is 2.04. The SMILES string of the molecule is CN1CCC2(OCCO2)c2ncccc21. The van der Waals surface area contributed by atoms with Gasteiger partial charge >= 0.3 is 0 Å². The molecule has 0 N–H and O–H groups in total. The molecule has 0 unspecified atom stereocenters. The van der Waals surface area contributed by atoms with E-state index in [1.165, 1.54) is 0 Å². The summed E-state index contributed by atoms with van der Waals surface area (Å²) in [5.74, 6) is -0.566. The van der Waals surface area contributed by atoms with Gasteiger partial charge in [-0.15, -0.1) is 0 Å². The smallest absolute Gasteiger partial charge is 0.216 e. The lowest BCUT2D eigenvalue weighted by atomic mass is 10.0. The van der Waals surface area contributed by atoms with Crippen molar-refractivity contribution in [2.45, 2.75) is 12.2 Å². The van der Waals surface area contributed by atoms with Crippen LogP contribution in [0, 0.1) is 0 Å². The van der Waals surface area contributed by atoms with E-state index in [0.29, 0.717) is 13.2 Å². The van der Waals surface area contributed by atoms with E-state index in [1.807, 2.05) is 6.07 Å². The number of hydrogen-bond donors (Lipinski definition) is 0. The van der Waals surface area contributed by atoms with Crippen molar-refractivity contribution in [2.75, 3.05) is 31.7 Å². The molecule has 0 radical (unpaired) electrons. The number of fused-ring (bicyclic) bond motifs is 2. The van der Waals surface area contributed by atoms with E-state index in [2.05, 4.69) is 23.0 Å². The third-order valence-corrected chi connectivity index (χ3v) is 3.09. The molecule has 0 bridgehead atoms. The summed E-state index contributed by atoms with van der Waals surface area (Å²) >= 11 is 0. The van der Waals surface area contributed by atoms with Gasteiger partial charge in [0.05, 0.1) is 18.9 Å². The van der Waals surface area contributed by atoms with E-state index in [-0.39, 0.29) is 0 Å². The normalized spacial score (nSPS) is 23.1. The second-order valence-electron chi connectivity index (χ2n) is 3.99. The quantitative estimate of drug-likeness (QED) is 0.637. The van der Waals surface area contributed by atoms with E-state index in [1.54, 1.807) is 6.20 Å². The van der Waals surface area contributed by atoms with Crippen molar-refractivity contribution in [1.82, 2.24) is 4.98 Å². The van der Waals surface area contributed by atoms with Gasteiger partial charge in [0.2, 0.25) is 5.79 Å². The molecule has 0 aromatic carbocycles. The largest absolute Gasteiger partial charge is 0.373 e. The molecule has 1 fully saturated rings. The van der Waals surface area contributed by atoms with Crippen LogP contribution in [-0.4, -0.2) is 31.8 Å². The van der Waals surface area contributed by atoms with Crippen LogP contribution in [0.15, 0.2) is 18.3 Å². The van der Waals surface area contributed by atoms with Crippen molar-refractivity contribution in [1.29, 1.82) is 0 Å². The van der Waals surface area contributed by atoms with Crippen molar-refractivity contribution in [3.8, 4) is 0 Å². The van der Waals surface area contributed by atoms with Crippen LogP contribution in [0.3, 0.4) is 0 Å². The molecule has 4 heteroatoms. The first-order valence-electron chi connectivity index (χ1n) is 5.26. The summed E-state index contributed by atoms with van der Waals surface area (Å²) in [5, 5.41) is 0. The van der Waals surface area contributed by atoms with Crippen LogP contribution in [0.5, 0.6) is 0 Å². The Morgan fingerprint density at radius 2 is 2.20 bits per heavy atom. The predicted octanol–water partition coefficient (Wildman–Crippen LogP) is 1.12. The third kappa shape index (κ3) is 1.25. The Hall–Kier alpha value is -1.13. The van der Waals surface area contributed by atoms with Crippen molar-refractivity contribution in [3.63, 3.8) is 0 Å². The van der Waals surface area contributed by atoms with Gasteiger partial charge in [-0.25, -0.2) is 0 Å². The highest BCUT2D eigenvalue weighted by molar-refractivity contribution is 5.53. The zero-order valence-corrected chi connectivity index (χ0v) is 8.77. The lowest BCUT2D eigenvalue weighted by molar-refractivity contribution is -0.174. The monoisotopic (exact) mass is 206 g/mol. The zero-order valence-electron chi connectivity index (χ0n) is 8.77. The highest BCUT2D eigenvalue weighted by atomic mass is 16.7. The molecule has 0 aliphatic carbocycles. The fraction of sp³-hybridized carbons (Fsp3) is 0.545. The molecule has 0 amide bonds. The summed E-state index contributed by atoms with van der Waals surface area (Å²) in [4.78, 5) is 6.61. The molecule has 1 aromatic heterocycles. The van der Waals surface area contributed by atoms with E-state index in [0.717, 1.165) is 24.3 Å². The van der Waals surface area contributed by atoms with Gasteiger partial charge in [-0.05, 0) is 12.1 Å². The Morgan fingerprint density at radius 3 is 3.00 bits per heavy atom.